The van der Waals surface area contributed by atoms with E-state index < -0.39 is 17.4 Å². The number of rotatable bonds is 5. The Kier molecular flexibility index (Phi) is 4.69. The molecular formula is C18H20N2O3S. The van der Waals surface area contributed by atoms with Gasteiger partial charge in [0.15, 0.2) is 0 Å². The van der Waals surface area contributed by atoms with E-state index >= 15 is 0 Å². The zero-order chi connectivity index (χ0) is 17.2. The third-order valence-electron chi connectivity index (χ3n) is 4.20. The number of anilines is 1. The zero-order valence-electron chi connectivity index (χ0n) is 13.4. The van der Waals surface area contributed by atoms with Gasteiger partial charge in [-0.1, -0.05) is 18.2 Å². The lowest BCUT2D eigenvalue weighted by Gasteiger charge is -2.27. The van der Waals surface area contributed by atoms with Crippen LogP contribution in [0.5, 0.6) is 0 Å². The summed E-state index contributed by atoms with van der Waals surface area (Å²) in [6, 6.07) is 11.0. The molecule has 0 spiro atoms. The largest absolute Gasteiger partial charge is 0.382 e. The first-order valence-electron chi connectivity index (χ1n) is 7.91. The maximum absolute atomic E-state index is 12.1. The number of hydrogen-bond donors (Lipinski definition) is 3. The van der Waals surface area contributed by atoms with Crippen molar-refractivity contribution >= 4 is 28.8 Å². The maximum atomic E-state index is 12.1. The quantitative estimate of drug-likeness (QED) is 0.729. The summed E-state index contributed by atoms with van der Waals surface area (Å²) in [6.07, 6.45) is 1.86. The van der Waals surface area contributed by atoms with Gasteiger partial charge in [0.2, 0.25) is 0 Å². The van der Waals surface area contributed by atoms with Gasteiger partial charge in [0.25, 0.3) is 0 Å². The minimum Gasteiger partial charge on any atom is -0.382 e. The molecule has 24 heavy (non-hydrogen) atoms. The highest BCUT2D eigenvalue weighted by molar-refractivity contribution is 7.10. The Morgan fingerprint density at radius 2 is 2.04 bits per heavy atom. The van der Waals surface area contributed by atoms with Crippen LogP contribution in [0.2, 0.25) is 0 Å². The monoisotopic (exact) mass is 344 g/mol. The zero-order valence-corrected chi connectivity index (χ0v) is 14.2. The summed E-state index contributed by atoms with van der Waals surface area (Å²) in [5, 5.41) is 18.0. The molecule has 0 radical (unpaired) electrons. The number of hydrogen-bond acceptors (Lipinski definition) is 4. The molecule has 5 nitrogen and oxygen atoms in total. The van der Waals surface area contributed by atoms with Gasteiger partial charge in [-0.2, -0.15) is 0 Å². The first kappa shape index (κ1) is 16.7. The van der Waals surface area contributed by atoms with Crippen molar-refractivity contribution in [3.8, 4) is 0 Å². The number of carbonyl (C=O) groups excluding carboxylic acids is 2. The normalized spacial score (nSPS) is 16.2. The number of aliphatic hydroxyl groups is 1. The lowest BCUT2D eigenvalue weighted by Crippen LogP contribution is -2.45. The van der Waals surface area contributed by atoms with Gasteiger partial charge in [0.1, 0.15) is 5.60 Å². The highest BCUT2D eigenvalue weighted by Gasteiger charge is 2.46. The average Bonchev–Trinajstić information content (AvgIpc) is 3.27. The second kappa shape index (κ2) is 6.75. The Bertz CT molecular complexity index is 740. The van der Waals surface area contributed by atoms with Crippen molar-refractivity contribution in [2.24, 2.45) is 5.92 Å². The van der Waals surface area contributed by atoms with Gasteiger partial charge in [0.05, 0.1) is 6.54 Å². The van der Waals surface area contributed by atoms with Crippen molar-refractivity contribution in [2.75, 3.05) is 11.9 Å². The molecule has 0 bridgehead atoms. The smallest absolute Gasteiger partial charge is 0.313 e. The molecule has 1 heterocycles. The summed E-state index contributed by atoms with van der Waals surface area (Å²) in [6.45, 7) is 1.95. The summed E-state index contributed by atoms with van der Waals surface area (Å²) in [7, 11) is 0. The second-order valence-corrected chi connectivity index (χ2v) is 7.13. The molecule has 2 aromatic rings. The fourth-order valence-corrected chi connectivity index (χ4v) is 3.63. The topological polar surface area (TPSA) is 78.4 Å². The average molecular weight is 344 g/mol. The lowest BCUT2D eigenvalue weighted by molar-refractivity contribution is -0.137. The van der Waals surface area contributed by atoms with Gasteiger partial charge in [-0.05, 0) is 54.8 Å². The van der Waals surface area contributed by atoms with Crippen LogP contribution >= 0.6 is 11.3 Å². The van der Waals surface area contributed by atoms with E-state index in [1.54, 1.807) is 12.1 Å². The van der Waals surface area contributed by atoms with Crippen LogP contribution in [0.15, 0.2) is 41.8 Å². The van der Waals surface area contributed by atoms with Crippen molar-refractivity contribution < 1.29 is 14.7 Å². The van der Waals surface area contributed by atoms with Crippen LogP contribution in [0.25, 0.3) is 0 Å². The number of thiophene rings is 1. The van der Waals surface area contributed by atoms with Gasteiger partial charge in [-0.3, -0.25) is 9.59 Å². The molecule has 1 aliphatic carbocycles. The minimum absolute atomic E-state index is 0.0399. The molecule has 2 amide bonds. The number of benzene rings is 1. The van der Waals surface area contributed by atoms with Crippen LogP contribution in [0.1, 0.15) is 23.3 Å². The molecule has 1 aromatic carbocycles. The van der Waals surface area contributed by atoms with Crippen LogP contribution in [-0.4, -0.2) is 23.5 Å². The standard InChI is InChI=1S/C18H20N2O3S/c1-12-4-2-5-14(10-12)20-17(22)16(21)19-11-18(23,13-7-8-13)15-6-3-9-24-15/h2-6,9-10,13,23H,7-8,11H2,1H3,(H,19,21)(H,20,22). The number of carbonyl (C=O) groups is 2. The van der Waals surface area contributed by atoms with E-state index in [2.05, 4.69) is 10.6 Å². The fourth-order valence-electron chi connectivity index (χ4n) is 2.72. The molecule has 0 saturated heterocycles. The predicted molar refractivity (Wildman–Crippen MR) is 93.8 cm³/mol. The van der Waals surface area contributed by atoms with Gasteiger partial charge in [-0.25, -0.2) is 0 Å². The molecule has 126 valence electrons. The SMILES string of the molecule is Cc1cccc(NC(=O)C(=O)NCC(O)(c2cccs2)C2CC2)c1. The van der Waals surface area contributed by atoms with E-state index in [4.69, 9.17) is 0 Å². The van der Waals surface area contributed by atoms with Crippen molar-refractivity contribution in [1.29, 1.82) is 0 Å². The molecule has 1 aliphatic rings. The third kappa shape index (κ3) is 3.66. The molecule has 1 unspecified atom stereocenters. The maximum Gasteiger partial charge on any atom is 0.313 e. The molecule has 1 fully saturated rings. The van der Waals surface area contributed by atoms with E-state index in [-0.39, 0.29) is 12.5 Å². The van der Waals surface area contributed by atoms with Crippen molar-refractivity contribution in [2.45, 2.75) is 25.4 Å². The van der Waals surface area contributed by atoms with Gasteiger partial charge in [0, 0.05) is 10.6 Å². The summed E-state index contributed by atoms with van der Waals surface area (Å²) in [5.41, 5.74) is 0.479. The third-order valence-corrected chi connectivity index (χ3v) is 5.24. The Hall–Kier alpha value is -2.18. The molecule has 3 rings (SSSR count). The van der Waals surface area contributed by atoms with Gasteiger partial charge < -0.3 is 15.7 Å². The first-order valence-corrected chi connectivity index (χ1v) is 8.79. The Balaban J connectivity index is 1.61. The van der Waals surface area contributed by atoms with Crippen molar-refractivity contribution in [3.05, 3.63) is 52.2 Å². The van der Waals surface area contributed by atoms with Crippen LogP contribution in [0, 0.1) is 12.8 Å². The Morgan fingerprint density at radius 3 is 2.67 bits per heavy atom. The van der Waals surface area contributed by atoms with E-state index in [0.717, 1.165) is 23.3 Å². The summed E-state index contributed by atoms with van der Waals surface area (Å²) >= 11 is 1.46. The molecule has 1 saturated carbocycles. The fraction of sp³-hybridized carbons (Fsp3) is 0.333. The van der Waals surface area contributed by atoms with Crippen LogP contribution in [-0.2, 0) is 15.2 Å². The number of amides is 2. The van der Waals surface area contributed by atoms with E-state index in [0.29, 0.717) is 5.69 Å². The Labute approximate surface area is 144 Å². The molecular weight excluding hydrogens is 324 g/mol. The van der Waals surface area contributed by atoms with Gasteiger partial charge >= 0.3 is 11.8 Å². The summed E-state index contributed by atoms with van der Waals surface area (Å²) in [4.78, 5) is 24.9. The molecule has 3 N–H and O–H groups in total. The molecule has 0 aliphatic heterocycles. The highest BCUT2D eigenvalue weighted by Crippen LogP contribution is 2.46. The second-order valence-electron chi connectivity index (χ2n) is 6.18. The predicted octanol–water partition coefficient (Wildman–Crippen LogP) is 2.41. The first-order chi connectivity index (χ1) is 11.5. The molecule has 1 aromatic heterocycles. The van der Waals surface area contributed by atoms with Crippen molar-refractivity contribution in [3.63, 3.8) is 0 Å². The van der Waals surface area contributed by atoms with E-state index in [1.165, 1.54) is 11.3 Å². The van der Waals surface area contributed by atoms with E-state index in [1.807, 2.05) is 36.6 Å². The van der Waals surface area contributed by atoms with Gasteiger partial charge in [-0.15, -0.1) is 11.3 Å². The number of nitrogens with one attached hydrogen (secondary N) is 2. The molecule has 6 heteroatoms. The van der Waals surface area contributed by atoms with Crippen LogP contribution < -0.4 is 10.6 Å². The highest BCUT2D eigenvalue weighted by atomic mass is 32.1. The van der Waals surface area contributed by atoms with Crippen LogP contribution in [0.3, 0.4) is 0 Å². The minimum atomic E-state index is -1.09. The molecule has 1 atom stereocenters. The van der Waals surface area contributed by atoms with E-state index in [9.17, 15) is 14.7 Å². The van der Waals surface area contributed by atoms with Crippen molar-refractivity contribution in [1.82, 2.24) is 5.32 Å². The summed E-state index contributed by atoms with van der Waals surface area (Å²) in [5.74, 6) is -1.34. The number of aryl methyl sites for hydroxylation is 1. The lowest BCUT2D eigenvalue weighted by atomic mass is 9.95. The summed E-state index contributed by atoms with van der Waals surface area (Å²) < 4.78 is 0. The van der Waals surface area contributed by atoms with Crippen LogP contribution in [0.4, 0.5) is 5.69 Å². The Morgan fingerprint density at radius 1 is 1.25 bits per heavy atom.